The molecule has 26 heavy (non-hydrogen) atoms. The van der Waals surface area contributed by atoms with Crippen LogP contribution in [0.3, 0.4) is 0 Å². The molecule has 2 heterocycles. The SMILES string of the molecule is O=C(Nc1ccc(N2CCN(C(=O)C3CC3)CC2)cc1)N1CCOCC1. The zero-order chi connectivity index (χ0) is 17.9. The van der Waals surface area contributed by atoms with Crippen LogP contribution in [0.2, 0.25) is 0 Å². The number of urea groups is 1. The predicted octanol–water partition coefficient (Wildman–Crippen LogP) is 1.61. The van der Waals surface area contributed by atoms with E-state index in [0.29, 0.717) is 38.1 Å². The molecule has 7 nitrogen and oxygen atoms in total. The molecule has 0 atom stereocenters. The minimum atomic E-state index is -0.0757. The summed E-state index contributed by atoms with van der Waals surface area (Å²) >= 11 is 0. The fourth-order valence-corrected chi connectivity index (χ4v) is 3.50. The van der Waals surface area contributed by atoms with Crippen molar-refractivity contribution < 1.29 is 14.3 Å². The van der Waals surface area contributed by atoms with E-state index in [0.717, 1.165) is 50.4 Å². The maximum Gasteiger partial charge on any atom is 0.321 e. The lowest BCUT2D eigenvalue weighted by Crippen LogP contribution is -2.49. The lowest BCUT2D eigenvalue weighted by atomic mass is 10.2. The van der Waals surface area contributed by atoms with Crippen molar-refractivity contribution in [3.63, 3.8) is 0 Å². The van der Waals surface area contributed by atoms with Crippen molar-refractivity contribution in [1.29, 1.82) is 0 Å². The summed E-state index contributed by atoms with van der Waals surface area (Å²) in [6, 6.07) is 7.87. The Morgan fingerprint density at radius 2 is 1.54 bits per heavy atom. The van der Waals surface area contributed by atoms with E-state index in [1.54, 1.807) is 4.90 Å². The van der Waals surface area contributed by atoms with Crippen LogP contribution in [0, 0.1) is 5.92 Å². The number of ether oxygens (including phenoxy) is 1. The maximum atomic E-state index is 12.2. The van der Waals surface area contributed by atoms with Crippen molar-refractivity contribution in [3.8, 4) is 0 Å². The Morgan fingerprint density at radius 3 is 2.15 bits per heavy atom. The number of benzene rings is 1. The van der Waals surface area contributed by atoms with Crippen LogP contribution in [0.5, 0.6) is 0 Å². The van der Waals surface area contributed by atoms with Gasteiger partial charge in [-0.1, -0.05) is 0 Å². The highest BCUT2D eigenvalue weighted by atomic mass is 16.5. The molecule has 1 aromatic rings. The average molecular weight is 358 g/mol. The molecular formula is C19H26N4O3. The number of hydrogen-bond acceptors (Lipinski definition) is 4. The molecule has 3 amide bonds. The second-order valence-corrected chi connectivity index (χ2v) is 7.16. The van der Waals surface area contributed by atoms with Crippen LogP contribution in [0.4, 0.5) is 16.2 Å². The van der Waals surface area contributed by atoms with Crippen LogP contribution in [-0.2, 0) is 9.53 Å². The minimum absolute atomic E-state index is 0.0757. The highest BCUT2D eigenvalue weighted by molar-refractivity contribution is 5.89. The molecule has 3 aliphatic rings. The second kappa shape index (κ2) is 7.53. The number of carbonyl (C=O) groups is 2. The first kappa shape index (κ1) is 17.1. The molecule has 4 rings (SSSR count). The molecule has 2 aliphatic heterocycles. The van der Waals surface area contributed by atoms with Gasteiger partial charge < -0.3 is 24.8 Å². The molecule has 1 saturated carbocycles. The smallest absolute Gasteiger partial charge is 0.321 e. The third-order valence-electron chi connectivity index (χ3n) is 5.30. The third kappa shape index (κ3) is 3.93. The van der Waals surface area contributed by atoms with E-state index in [-0.39, 0.29) is 6.03 Å². The summed E-state index contributed by atoms with van der Waals surface area (Å²) in [6.07, 6.45) is 2.13. The van der Waals surface area contributed by atoms with Gasteiger partial charge >= 0.3 is 6.03 Å². The largest absolute Gasteiger partial charge is 0.378 e. The van der Waals surface area contributed by atoms with E-state index in [2.05, 4.69) is 10.2 Å². The molecule has 7 heteroatoms. The Labute approximate surface area is 153 Å². The van der Waals surface area contributed by atoms with E-state index < -0.39 is 0 Å². The minimum Gasteiger partial charge on any atom is -0.378 e. The van der Waals surface area contributed by atoms with Gasteiger partial charge in [0.1, 0.15) is 0 Å². The zero-order valence-corrected chi connectivity index (χ0v) is 15.0. The number of piperazine rings is 1. The third-order valence-corrected chi connectivity index (χ3v) is 5.30. The summed E-state index contributed by atoms with van der Waals surface area (Å²) in [7, 11) is 0. The van der Waals surface area contributed by atoms with E-state index in [9.17, 15) is 9.59 Å². The highest BCUT2D eigenvalue weighted by Crippen LogP contribution is 2.31. The topological polar surface area (TPSA) is 65.1 Å². The molecular weight excluding hydrogens is 332 g/mol. The molecule has 0 unspecified atom stereocenters. The Kier molecular flexibility index (Phi) is 4.97. The second-order valence-electron chi connectivity index (χ2n) is 7.16. The van der Waals surface area contributed by atoms with Crippen LogP contribution in [0.1, 0.15) is 12.8 Å². The fourth-order valence-electron chi connectivity index (χ4n) is 3.50. The lowest BCUT2D eigenvalue weighted by molar-refractivity contribution is -0.132. The number of nitrogens with one attached hydrogen (secondary N) is 1. The van der Waals surface area contributed by atoms with E-state index in [1.807, 2.05) is 29.2 Å². The maximum absolute atomic E-state index is 12.2. The Hall–Kier alpha value is -2.28. The van der Waals surface area contributed by atoms with Crippen LogP contribution < -0.4 is 10.2 Å². The van der Waals surface area contributed by atoms with Crippen molar-refractivity contribution in [1.82, 2.24) is 9.80 Å². The molecule has 3 fully saturated rings. The summed E-state index contributed by atoms with van der Waals surface area (Å²) < 4.78 is 5.27. The van der Waals surface area contributed by atoms with Crippen molar-refractivity contribution in [2.75, 3.05) is 62.7 Å². The standard InChI is InChI=1S/C19H26N4O3/c24-18(15-1-2-15)22-9-7-21(8-10-22)17-5-3-16(4-6-17)20-19(25)23-11-13-26-14-12-23/h3-6,15H,1-2,7-14H2,(H,20,25). The van der Waals surface area contributed by atoms with Crippen LogP contribution >= 0.6 is 0 Å². The van der Waals surface area contributed by atoms with Crippen molar-refractivity contribution in [2.45, 2.75) is 12.8 Å². The van der Waals surface area contributed by atoms with Gasteiger partial charge in [0.25, 0.3) is 0 Å². The van der Waals surface area contributed by atoms with Gasteiger partial charge in [0.2, 0.25) is 5.91 Å². The van der Waals surface area contributed by atoms with Crippen LogP contribution in [-0.4, -0.2) is 74.2 Å². The average Bonchev–Trinajstić information content (AvgIpc) is 3.54. The number of hydrogen-bond donors (Lipinski definition) is 1. The molecule has 2 saturated heterocycles. The number of rotatable bonds is 3. The summed E-state index contributed by atoms with van der Waals surface area (Å²) in [5, 5.41) is 2.94. The molecule has 0 radical (unpaired) electrons. The van der Waals surface area contributed by atoms with E-state index in [1.165, 1.54) is 0 Å². The molecule has 0 bridgehead atoms. The van der Waals surface area contributed by atoms with Crippen molar-refractivity contribution >= 4 is 23.3 Å². The lowest BCUT2D eigenvalue weighted by Gasteiger charge is -2.36. The molecule has 0 aromatic heterocycles. The van der Waals surface area contributed by atoms with Crippen molar-refractivity contribution in [3.05, 3.63) is 24.3 Å². The van der Waals surface area contributed by atoms with Gasteiger partial charge in [0, 0.05) is 56.6 Å². The molecule has 1 aromatic carbocycles. The number of anilines is 2. The van der Waals surface area contributed by atoms with Gasteiger partial charge in [-0.3, -0.25) is 4.79 Å². The first-order valence-corrected chi connectivity index (χ1v) is 9.48. The summed E-state index contributed by atoms with van der Waals surface area (Å²) in [6.45, 7) is 5.77. The quantitative estimate of drug-likeness (QED) is 0.892. The Balaban J connectivity index is 1.29. The number of nitrogens with zero attached hydrogens (tertiary/aromatic N) is 3. The molecule has 140 valence electrons. The van der Waals surface area contributed by atoms with Gasteiger partial charge in [0.05, 0.1) is 13.2 Å². The monoisotopic (exact) mass is 358 g/mol. The Morgan fingerprint density at radius 1 is 0.885 bits per heavy atom. The van der Waals surface area contributed by atoms with E-state index >= 15 is 0 Å². The van der Waals surface area contributed by atoms with Crippen LogP contribution in [0.15, 0.2) is 24.3 Å². The summed E-state index contributed by atoms with van der Waals surface area (Å²) in [4.78, 5) is 30.4. The Bertz CT molecular complexity index is 645. The van der Waals surface area contributed by atoms with Gasteiger partial charge in [-0.2, -0.15) is 0 Å². The van der Waals surface area contributed by atoms with Gasteiger partial charge in [-0.15, -0.1) is 0 Å². The molecule has 0 spiro atoms. The summed E-state index contributed by atoms with van der Waals surface area (Å²) in [5.74, 6) is 0.640. The number of morpholine rings is 1. The molecule has 1 N–H and O–H groups in total. The first-order valence-electron chi connectivity index (χ1n) is 9.48. The van der Waals surface area contributed by atoms with Gasteiger partial charge in [-0.05, 0) is 37.1 Å². The van der Waals surface area contributed by atoms with Crippen LogP contribution in [0.25, 0.3) is 0 Å². The van der Waals surface area contributed by atoms with Gasteiger partial charge in [0.15, 0.2) is 0 Å². The fraction of sp³-hybridized carbons (Fsp3) is 0.579. The van der Waals surface area contributed by atoms with Crippen molar-refractivity contribution in [2.24, 2.45) is 5.92 Å². The number of amides is 3. The predicted molar refractivity (Wildman–Crippen MR) is 99.4 cm³/mol. The molecule has 1 aliphatic carbocycles. The summed E-state index contributed by atoms with van der Waals surface area (Å²) in [5.41, 5.74) is 1.93. The van der Waals surface area contributed by atoms with Gasteiger partial charge in [-0.25, -0.2) is 4.79 Å². The van der Waals surface area contributed by atoms with E-state index in [4.69, 9.17) is 4.74 Å². The highest BCUT2D eigenvalue weighted by Gasteiger charge is 2.34. The zero-order valence-electron chi connectivity index (χ0n) is 15.0. The first-order chi connectivity index (χ1) is 12.7. The normalized spacial score (nSPS) is 20.8. The number of carbonyl (C=O) groups excluding carboxylic acids is 2.